The van der Waals surface area contributed by atoms with E-state index in [2.05, 4.69) is 11.1 Å². The number of carbonyl (C=O) groups is 1. The van der Waals surface area contributed by atoms with Crippen LogP contribution in [0.3, 0.4) is 0 Å². The van der Waals surface area contributed by atoms with E-state index < -0.39 is 11.7 Å². The summed E-state index contributed by atoms with van der Waals surface area (Å²) in [7, 11) is 0. The molecule has 0 bridgehead atoms. The lowest BCUT2D eigenvalue weighted by Crippen LogP contribution is -2.23. The fourth-order valence-electron chi connectivity index (χ4n) is 5.67. The number of hydrogen-bond acceptors (Lipinski definition) is 3. The Morgan fingerprint density at radius 1 is 0.974 bits per heavy atom. The van der Waals surface area contributed by atoms with E-state index in [1.807, 2.05) is 43.4 Å². The van der Waals surface area contributed by atoms with Crippen molar-refractivity contribution in [1.29, 1.82) is 0 Å². The largest absolute Gasteiger partial charge is 0.461 e. The molecule has 2 aromatic carbocycles. The molecule has 5 rings (SSSR count). The first-order valence-corrected chi connectivity index (χ1v) is 13.4. The van der Waals surface area contributed by atoms with Crippen LogP contribution in [0.1, 0.15) is 77.6 Å². The number of Topliss-reactive ketones (excluding diaryl/α,β-unsaturated/α-hetero) is 1. The van der Waals surface area contributed by atoms with Gasteiger partial charge in [0, 0.05) is 35.6 Å². The number of benzene rings is 2. The first kappa shape index (κ1) is 26.2. The lowest BCUT2D eigenvalue weighted by atomic mass is 9.79. The molecule has 2 heterocycles. The number of aliphatic imine (C=N–C) groups is 1. The smallest absolute Gasteiger partial charge is 0.416 e. The summed E-state index contributed by atoms with van der Waals surface area (Å²) in [6, 6.07) is 9.73. The summed E-state index contributed by atoms with van der Waals surface area (Å²) >= 11 is 0. The Morgan fingerprint density at radius 2 is 1.82 bits per heavy atom. The Balaban J connectivity index is 1.32. The van der Waals surface area contributed by atoms with Crippen molar-refractivity contribution < 1.29 is 22.7 Å². The summed E-state index contributed by atoms with van der Waals surface area (Å²) in [6.07, 6.45) is 11.7. The molecule has 0 aromatic heterocycles. The minimum atomic E-state index is -4.37. The zero-order chi connectivity index (χ0) is 26.7. The summed E-state index contributed by atoms with van der Waals surface area (Å²) in [5.74, 6) is 1.57. The number of allylic oxidation sites excluding steroid dienone is 5. The Labute approximate surface area is 221 Å². The van der Waals surface area contributed by atoms with Crippen molar-refractivity contribution in [2.45, 2.75) is 64.5 Å². The summed E-state index contributed by atoms with van der Waals surface area (Å²) in [4.78, 5) is 18.5. The third kappa shape index (κ3) is 5.85. The fourth-order valence-corrected chi connectivity index (χ4v) is 5.67. The number of rotatable bonds is 4. The van der Waals surface area contributed by atoms with Crippen molar-refractivity contribution in [3.05, 3.63) is 100 Å². The van der Waals surface area contributed by atoms with Crippen LogP contribution in [0.2, 0.25) is 0 Å². The van der Waals surface area contributed by atoms with Crippen LogP contribution in [0.4, 0.5) is 13.2 Å². The van der Waals surface area contributed by atoms with Crippen molar-refractivity contribution in [3.8, 4) is 5.75 Å². The van der Waals surface area contributed by atoms with Crippen LogP contribution < -0.4 is 4.74 Å². The summed E-state index contributed by atoms with van der Waals surface area (Å²) in [6.45, 7) is 2.01. The lowest BCUT2D eigenvalue weighted by molar-refractivity contribution is -0.137. The van der Waals surface area contributed by atoms with Crippen LogP contribution in [0.5, 0.6) is 5.75 Å². The maximum absolute atomic E-state index is 13.9. The van der Waals surface area contributed by atoms with Gasteiger partial charge in [-0.05, 0) is 81.0 Å². The number of alkyl halides is 3. The first-order valence-electron chi connectivity index (χ1n) is 13.4. The van der Waals surface area contributed by atoms with Gasteiger partial charge in [0.1, 0.15) is 11.5 Å². The summed E-state index contributed by atoms with van der Waals surface area (Å²) in [5.41, 5.74) is 3.51. The van der Waals surface area contributed by atoms with E-state index in [1.165, 1.54) is 12.1 Å². The van der Waals surface area contributed by atoms with Crippen LogP contribution >= 0.6 is 0 Å². The minimum Gasteiger partial charge on any atom is -0.461 e. The molecule has 0 spiro atoms. The molecule has 1 aliphatic carbocycles. The van der Waals surface area contributed by atoms with Crippen LogP contribution in [-0.2, 0) is 12.6 Å². The molecule has 38 heavy (non-hydrogen) atoms. The Kier molecular flexibility index (Phi) is 7.68. The second-order valence-electron chi connectivity index (χ2n) is 10.5. The van der Waals surface area contributed by atoms with Crippen molar-refractivity contribution in [1.82, 2.24) is 0 Å². The first-order chi connectivity index (χ1) is 18.3. The zero-order valence-electron chi connectivity index (χ0n) is 21.6. The number of ketones is 1. The molecule has 198 valence electrons. The third-order valence-corrected chi connectivity index (χ3v) is 7.76. The fraction of sp³-hybridized carbons (Fsp3) is 0.375. The van der Waals surface area contributed by atoms with Crippen LogP contribution in [0.15, 0.2) is 77.7 Å². The number of halogens is 3. The second-order valence-corrected chi connectivity index (χ2v) is 10.5. The van der Waals surface area contributed by atoms with Crippen molar-refractivity contribution >= 4 is 11.5 Å². The van der Waals surface area contributed by atoms with Gasteiger partial charge in [0.2, 0.25) is 0 Å². The van der Waals surface area contributed by atoms with Crippen LogP contribution in [-0.4, -0.2) is 11.5 Å². The van der Waals surface area contributed by atoms with E-state index in [0.29, 0.717) is 24.2 Å². The standard InChI is InChI=1S/C32H32F3NO2/c1-21-10-15-26(28-9-3-2-6-18-36-28)27(19-21)31(37)23-8-5-4-7-22(11-12-23)29-16-13-24-20-25(32(33,34)35)14-17-30(24)38-29/h2-3,6,10,14-20,22-23H,4-5,7-9,11-13H2,1H3/t22-,23?/m1/s1. The van der Waals surface area contributed by atoms with Gasteiger partial charge >= 0.3 is 6.18 Å². The second kappa shape index (κ2) is 11.1. The molecule has 6 heteroatoms. The predicted molar refractivity (Wildman–Crippen MR) is 143 cm³/mol. The van der Waals surface area contributed by atoms with Gasteiger partial charge in [0.25, 0.3) is 0 Å². The van der Waals surface area contributed by atoms with E-state index in [1.54, 1.807) is 6.20 Å². The molecule has 3 aliphatic rings. The predicted octanol–water partition coefficient (Wildman–Crippen LogP) is 8.56. The van der Waals surface area contributed by atoms with Gasteiger partial charge in [-0.1, -0.05) is 42.7 Å². The van der Waals surface area contributed by atoms with Gasteiger partial charge in [-0.25, -0.2) is 0 Å². The molecule has 0 radical (unpaired) electrons. The third-order valence-electron chi connectivity index (χ3n) is 7.76. The van der Waals surface area contributed by atoms with Gasteiger partial charge in [-0.2, -0.15) is 13.2 Å². The normalized spacial score (nSPS) is 21.8. The van der Waals surface area contributed by atoms with E-state index in [4.69, 9.17) is 4.74 Å². The topological polar surface area (TPSA) is 38.7 Å². The van der Waals surface area contributed by atoms with Gasteiger partial charge in [0.05, 0.1) is 11.3 Å². The van der Waals surface area contributed by atoms with Crippen molar-refractivity contribution in [3.63, 3.8) is 0 Å². The zero-order valence-corrected chi connectivity index (χ0v) is 21.6. The van der Waals surface area contributed by atoms with Crippen LogP contribution in [0.25, 0.3) is 0 Å². The molecular weight excluding hydrogens is 487 g/mol. The van der Waals surface area contributed by atoms with E-state index in [9.17, 15) is 18.0 Å². The molecule has 2 aliphatic heterocycles. The van der Waals surface area contributed by atoms with Gasteiger partial charge in [-0.15, -0.1) is 0 Å². The average molecular weight is 520 g/mol. The average Bonchev–Trinajstić information content (AvgIpc) is 3.17. The minimum absolute atomic E-state index is 0.0818. The quantitative estimate of drug-likeness (QED) is 0.380. The number of ether oxygens (including phenoxy) is 1. The molecule has 1 unspecified atom stereocenters. The number of aryl methyl sites for hydroxylation is 1. The van der Waals surface area contributed by atoms with Gasteiger partial charge in [0.15, 0.2) is 5.78 Å². The highest BCUT2D eigenvalue weighted by atomic mass is 19.4. The molecule has 0 N–H and O–H groups in total. The molecule has 2 atom stereocenters. The highest BCUT2D eigenvalue weighted by molar-refractivity contribution is 6.12. The molecule has 3 nitrogen and oxygen atoms in total. The Bertz CT molecular complexity index is 1330. The van der Waals surface area contributed by atoms with E-state index in [-0.39, 0.29) is 17.6 Å². The highest BCUT2D eigenvalue weighted by Crippen LogP contribution is 2.39. The maximum Gasteiger partial charge on any atom is 0.416 e. The summed E-state index contributed by atoms with van der Waals surface area (Å²) < 4.78 is 45.4. The molecule has 1 saturated carbocycles. The van der Waals surface area contributed by atoms with Crippen molar-refractivity contribution in [2.24, 2.45) is 16.8 Å². The highest BCUT2D eigenvalue weighted by Gasteiger charge is 2.33. The maximum atomic E-state index is 13.9. The van der Waals surface area contributed by atoms with E-state index >= 15 is 0 Å². The molecule has 2 aromatic rings. The molecular formula is C32H32F3NO2. The number of carbonyl (C=O) groups excluding carboxylic acids is 1. The molecule has 1 fully saturated rings. The number of hydrogen-bond donors (Lipinski definition) is 0. The molecule has 0 saturated heterocycles. The molecule has 0 amide bonds. The Hall–Kier alpha value is -3.41. The monoisotopic (exact) mass is 519 g/mol. The van der Waals surface area contributed by atoms with Crippen molar-refractivity contribution in [2.75, 3.05) is 0 Å². The lowest BCUT2D eigenvalue weighted by Gasteiger charge is -2.29. The summed E-state index contributed by atoms with van der Waals surface area (Å²) in [5, 5.41) is 0. The van der Waals surface area contributed by atoms with Gasteiger partial charge in [-0.3, -0.25) is 9.79 Å². The Morgan fingerprint density at radius 3 is 2.66 bits per heavy atom. The van der Waals surface area contributed by atoms with Gasteiger partial charge < -0.3 is 4.74 Å². The van der Waals surface area contributed by atoms with Crippen LogP contribution in [0, 0.1) is 18.8 Å². The number of fused-ring (bicyclic) bond motifs is 1. The number of nitrogens with zero attached hydrogens (tertiary/aromatic N) is 1. The SMILES string of the molecule is Cc1ccc(C2=NC=CC=CC2)c(C(=O)C2CCCC[C@@H](C3=CCc4cc(C(F)(F)F)ccc4O3)CC2)c1. The van der Waals surface area contributed by atoms with E-state index in [0.717, 1.165) is 72.8 Å².